The third-order valence-corrected chi connectivity index (χ3v) is 1.92. The second-order valence-corrected chi connectivity index (χ2v) is 3.17. The Morgan fingerprint density at radius 2 is 2.00 bits per heavy atom. The fourth-order valence-corrected chi connectivity index (χ4v) is 1.14. The minimum atomic E-state index is -0.524. The number of primary amides is 1. The number of nitrogens with zero attached hydrogens (tertiary/aromatic N) is 1. The monoisotopic (exact) mass is 217 g/mol. The van der Waals surface area contributed by atoms with Crippen LogP contribution in [0.15, 0.2) is 24.3 Å². The Labute approximate surface area is 92.9 Å². The van der Waals surface area contributed by atoms with Crippen LogP contribution in [0.5, 0.6) is 0 Å². The van der Waals surface area contributed by atoms with Crippen molar-refractivity contribution in [2.24, 2.45) is 5.73 Å². The Bertz CT molecular complexity index is 449. The molecule has 82 valence electrons. The van der Waals surface area contributed by atoms with E-state index in [1.807, 2.05) is 6.07 Å². The lowest BCUT2D eigenvalue weighted by atomic mass is 10.2. The summed E-state index contributed by atoms with van der Waals surface area (Å²) in [6, 6.07) is 8.60. The van der Waals surface area contributed by atoms with E-state index < -0.39 is 5.91 Å². The van der Waals surface area contributed by atoms with Gasteiger partial charge in [-0.3, -0.25) is 9.59 Å². The first-order chi connectivity index (χ1) is 7.63. The van der Waals surface area contributed by atoms with Gasteiger partial charge in [0, 0.05) is 12.8 Å². The number of nitrogens with two attached hydrogens (primary N) is 1. The van der Waals surface area contributed by atoms with E-state index in [1.54, 1.807) is 24.3 Å². The largest absolute Gasteiger partial charge is 0.370 e. The summed E-state index contributed by atoms with van der Waals surface area (Å²) in [6.45, 7) is 0. The summed E-state index contributed by atoms with van der Waals surface area (Å²) < 4.78 is 0. The highest BCUT2D eigenvalue weighted by Gasteiger charge is 2.07. The summed E-state index contributed by atoms with van der Waals surface area (Å²) in [4.78, 5) is 21.8. The molecule has 0 aliphatic carbocycles. The topological polar surface area (TPSA) is 96.0 Å². The molecule has 16 heavy (non-hydrogen) atoms. The highest BCUT2D eigenvalue weighted by Crippen LogP contribution is 2.13. The van der Waals surface area contributed by atoms with E-state index >= 15 is 0 Å². The third kappa shape index (κ3) is 3.42. The Morgan fingerprint density at radius 3 is 2.62 bits per heavy atom. The van der Waals surface area contributed by atoms with Crippen LogP contribution >= 0.6 is 0 Å². The van der Waals surface area contributed by atoms with Gasteiger partial charge in [0.2, 0.25) is 11.8 Å². The molecule has 1 aromatic carbocycles. The Balaban J connectivity index is 2.63. The first-order valence-corrected chi connectivity index (χ1v) is 4.70. The van der Waals surface area contributed by atoms with Crippen molar-refractivity contribution in [3.8, 4) is 6.07 Å². The Kier molecular flexibility index (Phi) is 4.04. The molecule has 1 rings (SSSR count). The van der Waals surface area contributed by atoms with Gasteiger partial charge in [-0.05, 0) is 12.1 Å². The number of rotatable bonds is 4. The van der Waals surface area contributed by atoms with Gasteiger partial charge >= 0.3 is 0 Å². The van der Waals surface area contributed by atoms with Crippen molar-refractivity contribution in [2.45, 2.75) is 12.8 Å². The quantitative estimate of drug-likeness (QED) is 0.779. The predicted octanol–water partition coefficient (Wildman–Crippen LogP) is 0.762. The Morgan fingerprint density at radius 1 is 1.31 bits per heavy atom. The number of hydrogen-bond acceptors (Lipinski definition) is 3. The van der Waals surface area contributed by atoms with E-state index in [1.165, 1.54) is 0 Å². The molecule has 0 bridgehead atoms. The SMILES string of the molecule is N#Cc1ccccc1NC(=O)CCC(N)=O. The minimum absolute atomic E-state index is 0.000549. The van der Waals surface area contributed by atoms with Crippen LogP contribution < -0.4 is 11.1 Å². The number of carbonyl (C=O) groups is 2. The number of benzene rings is 1. The maximum absolute atomic E-state index is 11.4. The van der Waals surface area contributed by atoms with Crippen LogP contribution in [0.1, 0.15) is 18.4 Å². The molecule has 0 unspecified atom stereocenters. The maximum Gasteiger partial charge on any atom is 0.224 e. The average Bonchev–Trinajstić information content (AvgIpc) is 2.27. The first kappa shape index (κ1) is 11.7. The van der Waals surface area contributed by atoms with Gasteiger partial charge in [-0.15, -0.1) is 0 Å². The molecule has 0 saturated carbocycles. The maximum atomic E-state index is 11.4. The fraction of sp³-hybridized carbons (Fsp3) is 0.182. The molecule has 3 N–H and O–H groups in total. The summed E-state index contributed by atoms with van der Waals surface area (Å²) in [7, 11) is 0. The van der Waals surface area contributed by atoms with Crippen LogP contribution in [-0.2, 0) is 9.59 Å². The van der Waals surface area contributed by atoms with Crippen LogP contribution in [0.4, 0.5) is 5.69 Å². The molecule has 0 fully saturated rings. The van der Waals surface area contributed by atoms with Gasteiger partial charge in [0.1, 0.15) is 6.07 Å². The summed E-state index contributed by atoms with van der Waals surface area (Å²) in [5, 5.41) is 11.3. The third-order valence-electron chi connectivity index (χ3n) is 1.92. The molecular weight excluding hydrogens is 206 g/mol. The van der Waals surface area contributed by atoms with Crippen molar-refractivity contribution >= 4 is 17.5 Å². The molecule has 0 spiro atoms. The number of para-hydroxylation sites is 1. The molecule has 0 radical (unpaired) electrons. The van der Waals surface area contributed by atoms with E-state index in [-0.39, 0.29) is 18.7 Å². The van der Waals surface area contributed by atoms with E-state index in [9.17, 15) is 9.59 Å². The zero-order valence-electron chi connectivity index (χ0n) is 8.56. The number of nitrogens with one attached hydrogen (secondary N) is 1. The zero-order valence-corrected chi connectivity index (χ0v) is 8.56. The lowest BCUT2D eigenvalue weighted by Crippen LogP contribution is -2.17. The molecule has 0 aliphatic heterocycles. The van der Waals surface area contributed by atoms with Gasteiger partial charge in [-0.1, -0.05) is 12.1 Å². The number of hydrogen-bond donors (Lipinski definition) is 2. The van der Waals surface area contributed by atoms with Crippen molar-refractivity contribution in [1.29, 1.82) is 5.26 Å². The molecule has 0 atom stereocenters. The highest BCUT2D eigenvalue weighted by molar-refractivity contribution is 5.94. The van der Waals surface area contributed by atoms with Gasteiger partial charge in [0.25, 0.3) is 0 Å². The smallest absolute Gasteiger partial charge is 0.224 e. The van der Waals surface area contributed by atoms with Gasteiger partial charge < -0.3 is 11.1 Å². The van der Waals surface area contributed by atoms with Gasteiger partial charge in [-0.2, -0.15) is 5.26 Å². The lowest BCUT2D eigenvalue weighted by Gasteiger charge is -2.05. The van der Waals surface area contributed by atoms with Crippen molar-refractivity contribution in [1.82, 2.24) is 0 Å². The zero-order chi connectivity index (χ0) is 12.0. The van der Waals surface area contributed by atoms with Crippen LogP contribution in [0.2, 0.25) is 0 Å². The molecule has 5 heteroatoms. The molecular formula is C11H11N3O2. The second-order valence-electron chi connectivity index (χ2n) is 3.17. The van der Waals surface area contributed by atoms with Crippen LogP contribution in [-0.4, -0.2) is 11.8 Å². The van der Waals surface area contributed by atoms with Crippen molar-refractivity contribution in [3.63, 3.8) is 0 Å². The molecule has 0 heterocycles. The second kappa shape index (κ2) is 5.51. The summed E-state index contributed by atoms with van der Waals surface area (Å²) in [6.07, 6.45) is 0.0235. The normalized spacial score (nSPS) is 9.19. The molecule has 0 aliphatic rings. The number of nitriles is 1. The molecule has 0 aromatic heterocycles. The van der Waals surface area contributed by atoms with Crippen molar-refractivity contribution in [2.75, 3.05) is 5.32 Å². The summed E-state index contributed by atoms with van der Waals surface area (Å²) >= 11 is 0. The van der Waals surface area contributed by atoms with Gasteiger partial charge in [0.05, 0.1) is 11.3 Å². The van der Waals surface area contributed by atoms with Crippen molar-refractivity contribution in [3.05, 3.63) is 29.8 Å². The van der Waals surface area contributed by atoms with Crippen LogP contribution in [0, 0.1) is 11.3 Å². The van der Waals surface area contributed by atoms with Crippen LogP contribution in [0.3, 0.4) is 0 Å². The molecule has 0 saturated heterocycles. The van der Waals surface area contributed by atoms with E-state index in [4.69, 9.17) is 11.0 Å². The molecule has 1 aromatic rings. The first-order valence-electron chi connectivity index (χ1n) is 4.70. The van der Waals surface area contributed by atoms with Gasteiger partial charge in [0.15, 0.2) is 0 Å². The van der Waals surface area contributed by atoms with Crippen molar-refractivity contribution < 1.29 is 9.59 Å². The minimum Gasteiger partial charge on any atom is -0.370 e. The predicted molar refractivity (Wildman–Crippen MR) is 58.2 cm³/mol. The molecule has 5 nitrogen and oxygen atoms in total. The lowest BCUT2D eigenvalue weighted by molar-refractivity contribution is -0.122. The van der Waals surface area contributed by atoms with Gasteiger partial charge in [-0.25, -0.2) is 0 Å². The van der Waals surface area contributed by atoms with E-state index in [2.05, 4.69) is 5.32 Å². The fourth-order valence-electron chi connectivity index (χ4n) is 1.14. The van der Waals surface area contributed by atoms with Crippen LogP contribution in [0.25, 0.3) is 0 Å². The van der Waals surface area contributed by atoms with E-state index in [0.717, 1.165) is 0 Å². The Hall–Kier alpha value is -2.35. The molecule has 2 amide bonds. The average molecular weight is 217 g/mol. The summed E-state index contributed by atoms with van der Waals surface area (Å²) in [5.74, 6) is -0.856. The number of amides is 2. The number of anilines is 1. The summed E-state index contributed by atoms with van der Waals surface area (Å²) in [5.41, 5.74) is 5.75. The van der Waals surface area contributed by atoms with E-state index in [0.29, 0.717) is 11.3 Å². The standard InChI is InChI=1S/C11H11N3O2/c12-7-8-3-1-2-4-9(8)14-11(16)6-5-10(13)15/h1-4H,5-6H2,(H2,13,15)(H,14,16). The number of carbonyl (C=O) groups excluding carboxylic acids is 2. The highest BCUT2D eigenvalue weighted by atomic mass is 16.2.